The van der Waals surface area contributed by atoms with Crippen molar-refractivity contribution >= 4 is 8.32 Å². The van der Waals surface area contributed by atoms with Crippen molar-refractivity contribution in [3.8, 4) is 28.8 Å². The SMILES string of the molecule is C[Si](C)(C)Oc1nc(-c2ccccc2)nc(-c2ccccc2)n1. The number of rotatable bonds is 4. The van der Waals surface area contributed by atoms with Gasteiger partial charge in [-0.1, -0.05) is 60.7 Å². The Morgan fingerprint density at radius 1 is 0.652 bits per heavy atom. The van der Waals surface area contributed by atoms with Crippen LogP contribution in [-0.4, -0.2) is 23.3 Å². The Morgan fingerprint density at radius 2 is 1.09 bits per heavy atom. The van der Waals surface area contributed by atoms with E-state index in [9.17, 15) is 0 Å². The Hall–Kier alpha value is -2.53. The maximum Gasteiger partial charge on any atom is 0.306 e. The van der Waals surface area contributed by atoms with Gasteiger partial charge in [0.2, 0.25) is 8.32 Å². The summed E-state index contributed by atoms with van der Waals surface area (Å²) in [6.45, 7) is 6.34. The summed E-state index contributed by atoms with van der Waals surface area (Å²) in [6.07, 6.45) is 0. The molecule has 1 heterocycles. The molecule has 4 nitrogen and oxygen atoms in total. The van der Waals surface area contributed by atoms with Crippen molar-refractivity contribution in [1.82, 2.24) is 15.0 Å². The van der Waals surface area contributed by atoms with Gasteiger partial charge in [0.15, 0.2) is 11.6 Å². The lowest BCUT2D eigenvalue weighted by Crippen LogP contribution is -2.30. The maximum absolute atomic E-state index is 6.00. The summed E-state index contributed by atoms with van der Waals surface area (Å²) in [5, 5.41) is 0. The van der Waals surface area contributed by atoms with Gasteiger partial charge in [0, 0.05) is 11.1 Å². The molecule has 0 N–H and O–H groups in total. The fourth-order valence-electron chi connectivity index (χ4n) is 2.11. The molecule has 3 aromatic rings. The zero-order chi connectivity index (χ0) is 16.3. The van der Waals surface area contributed by atoms with Crippen molar-refractivity contribution in [2.75, 3.05) is 0 Å². The third-order valence-electron chi connectivity index (χ3n) is 3.08. The largest absolute Gasteiger partial charge is 0.518 e. The molecule has 0 aliphatic carbocycles. The molecule has 2 aromatic carbocycles. The van der Waals surface area contributed by atoms with Gasteiger partial charge >= 0.3 is 6.01 Å². The lowest BCUT2D eigenvalue weighted by atomic mass is 10.2. The summed E-state index contributed by atoms with van der Waals surface area (Å²) in [4.78, 5) is 13.6. The Morgan fingerprint density at radius 3 is 1.48 bits per heavy atom. The average molecular weight is 321 g/mol. The van der Waals surface area contributed by atoms with Crippen LogP contribution in [-0.2, 0) is 0 Å². The van der Waals surface area contributed by atoms with E-state index >= 15 is 0 Å². The topological polar surface area (TPSA) is 47.9 Å². The number of hydrogen-bond acceptors (Lipinski definition) is 4. The van der Waals surface area contributed by atoms with Crippen LogP contribution >= 0.6 is 0 Å². The highest BCUT2D eigenvalue weighted by Crippen LogP contribution is 2.23. The second-order valence-electron chi connectivity index (χ2n) is 6.21. The molecule has 0 aliphatic rings. The van der Waals surface area contributed by atoms with Crippen LogP contribution in [0.2, 0.25) is 19.6 Å². The first-order valence-electron chi connectivity index (χ1n) is 7.57. The molecule has 0 radical (unpaired) electrons. The van der Waals surface area contributed by atoms with Crippen LogP contribution in [0.25, 0.3) is 22.8 Å². The minimum Gasteiger partial charge on any atom is -0.518 e. The zero-order valence-corrected chi connectivity index (χ0v) is 14.5. The van der Waals surface area contributed by atoms with Crippen LogP contribution in [0.3, 0.4) is 0 Å². The van der Waals surface area contributed by atoms with Gasteiger partial charge in [-0.05, 0) is 19.6 Å². The summed E-state index contributed by atoms with van der Waals surface area (Å²) < 4.78 is 6.00. The van der Waals surface area contributed by atoms with Gasteiger partial charge in [-0.3, -0.25) is 0 Å². The summed E-state index contributed by atoms with van der Waals surface area (Å²) >= 11 is 0. The van der Waals surface area contributed by atoms with E-state index in [4.69, 9.17) is 4.43 Å². The van der Waals surface area contributed by atoms with Crippen molar-refractivity contribution in [2.24, 2.45) is 0 Å². The summed E-state index contributed by atoms with van der Waals surface area (Å²) in [7, 11) is -1.80. The third kappa shape index (κ3) is 4.01. The first kappa shape index (κ1) is 15.4. The molecule has 3 rings (SSSR count). The highest BCUT2D eigenvalue weighted by Gasteiger charge is 2.20. The molecule has 116 valence electrons. The van der Waals surface area contributed by atoms with Crippen molar-refractivity contribution in [2.45, 2.75) is 19.6 Å². The average Bonchev–Trinajstić information content (AvgIpc) is 2.55. The van der Waals surface area contributed by atoms with Crippen molar-refractivity contribution in [3.05, 3.63) is 60.7 Å². The Kier molecular flexibility index (Phi) is 4.21. The van der Waals surface area contributed by atoms with Crippen LogP contribution < -0.4 is 4.43 Å². The predicted molar refractivity (Wildman–Crippen MR) is 94.7 cm³/mol. The Labute approximate surface area is 137 Å². The molecule has 0 spiro atoms. The van der Waals surface area contributed by atoms with E-state index in [1.807, 2.05) is 60.7 Å². The lowest BCUT2D eigenvalue weighted by molar-refractivity contribution is 0.508. The van der Waals surface area contributed by atoms with Crippen molar-refractivity contribution in [3.63, 3.8) is 0 Å². The molecule has 0 fully saturated rings. The molecular weight excluding hydrogens is 302 g/mol. The zero-order valence-electron chi connectivity index (χ0n) is 13.5. The van der Waals surface area contributed by atoms with Gasteiger partial charge in [0.25, 0.3) is 0 Å². The lowest BCUT2D eigenvalue weighted by Gasteiger charge is -2.18. The third-order valence-corrected chi connectivity index (χ3v) is 3.87. The first-order chi connectivity index (χ1) is 11.0. The minimum absolute atomic E-state index is 0.400. The Bertz CT molecular complexity index is 729. The molecule has 0 saturated heterocycles. The normalized spacial score (nSPS) is 11.3. The summed E-state index contributed by atoms with van der Waals surface area (Å²) in [5.41, 5.74) is 1.90. The number of aromatic nitrogens is 3. The molecule has 5 heteroatoms. The highest BCUT2D eigenvalue weighted by atomic mass is 28.4. The second kappa shape index (κ2) is 6.30. The molecular formula is C18H19N3OSi. The number of hydrogen-bond donors (Lipinski definition) is 0. The van der Waals surface area contributed by atoms with Gasteiger partial charge in [0.05, 0.1) is 0 Å². The van der Waals surface area contributed by atoms with E-state index in [1.165, 1.54) is 0 Å². The molecule has 23 heavy (non-hydrogen) atoms. The van der Waals surface area contributed by atoms with Crippen molar-refractivity contribution < 1.29 is 4.43 Å². The van der Waals surface area contributed by atoms with E-state index in [-0.39, 0.29) is 0 Å². The Balaban J connectivity index is 2.11. The van der Waals surface area contributed by atoms with Crippen LogP contribution in [0.4, 0.5) is 0 Å². The maximum atomic E-state index is 6.00. The quantitative estimate of drug-likeness (QED) is 0.667. The standard InChI is InChI=1S/C18H19N3OSi/c1-23(2,3)22-18-20-16(14-10-6-4-7-11-14)19-17(21-18)15-12-8-5-9-13-15/h4-13H,1-3H3. The van der Waals surface area contributed by atoms with Crippen LogP contribution in [0.1, 0.15) is 0 Å². The number of nitrogens with zero attached hydrogens (tertiary/aromatic N) is 3. The first-order valence-corrected chi connectivity index (χ1v) is 11.0. The number of benzene rings is 2. The smallest absolute Gasteiger partial charge is 0.306 e. The van der Waals surface area contributed by atoms with Gasteiger partial charge in [0.1, 0.15) is 0 Å². The van der Waals surface area contributed by atoms with Gasteiger partial charge in [-0.2, -0.15) is 9.97 Å². The fourth-order valence-corrected chi connectivity index (χ4v) is 2.75. The molecule has 0 bridgehead atoms. The van der Waals surface area contributed by atoms with Gasteiger partial charge in [-0.15, -0.1) is 0 Å². The fraction of sp³-hybridized carbons (Fsp3) is 0.167. The molecule has 0 atom stereocenters. The molecule has 0 unspecified atom stereocenters. The van der Waals surface area contributed by atoms with Crippen molar-refractivity contribution in [1.29, 1.82) is 0 Å². The highest BCUT2D eigenvalue weighted by molar-refractivity contribution is 6.70. The molecule has 1 aromatic heterocycles. The van der Waals surface area contributed by atoms with E-state index in [0.717, 1.165) is 11.1 Å². The molecule has 0 amide bonds. The van der Waals surface area contributed by atoms with E-state index in [1.54, 1.807) is 0 Å². The van der Waals surface area contributed by atoms with E-state index in [2.05, 4.69) is 34.6 Å². The molecule has 0 saturated carbocycles. The summed E-state index contributed by atoms with van der Waals surface area (Å²) in [6, 6.07) is 20.2. The second-order valence-corrected chi connectivity index (χ2v) is 10.6. The van der Waals surface area contributed by atoms with Crippen LogP contribution in [0, 0.1) is 0 Å². The monoisotopic (exact) mass is 321 g/mol. The van der Waals surface area contributed by atoms with Gasteiger partial charge < -0.3 is 4.43 Å². The van der Waals surface area contributed by atoms with Gasteiger partial charge in [-0.25, -0.2) is 4.98 Å². The van der Waals surface area contributed by atoms with E-state index in [0.29, 0.717) is 17.7 Å². The summed E-state index contributed by atoms with van der Waals surface area (Å²) in [5.74, 6) is 1.26. The molecule has 0 aliphatic heterocycles. The van der Waals surface area contributed by atoms with Crippen LogP contribution in [0.5, 0.6) is 6.01 Å². The van der Waals surface area contributed by atoms with E-state index < -0.39 is 8.32 Å². The van der Waals surface area contributed by atoms with Crippen LogP contribution in [0.15, 0.2) is 60.7 Å². The minimum atomic E-state index is -1.80. The predicted octanol–water partition coefficient (Wildman–Crippen LogP) is 4.42.